The molecule has 1 aliphatic rings. The predicted octanol–water partition coefficient (Wildman–Crippen LogP) is 4.80. The van der Waals surface area contributed by atoms with Crippen LogP contribution in [0.25, 0.3) is 10.9 Å². The van der Waals surface area contributed by atoms with Crippen molar-refractivity contribution in [1.82, 2.24) is 4.98 Å². The molecule has 7 nitrogen and oxygen atoms in total. The van der Waals surface area contributed by atoms with E-state index in [4.69, 9.17) is 0 Å². The van der Waals surface area contributed by atoms with Crippen LogP contribution in [0.5, 0.6) is 0 Å². The molecule has 0 spiro atoms. The Hall–Kier alpha value is -3.53. The Kier molecular flexibility index (Phi) is 5.68. The lowest BCUT2D eigenvalue weighted by atomic mass is 9.88. The molecule has 1 unspecified atom stereocenters. The molecule has 1 aliphatic carbocycles. The Morgan fingerprint density at radius 2 is 1.85 bits per heavy atom. The molecule has 2 N–H and O–H groups in total. The second-order valence-corrected chi connectivity index (χ2v) is 8.91. The lowest BCUT2D eigenvalue weighted by molar-refractivity contribution is 0.102. The summed E-state index contributed by atoms with van der Waals surface area (Å²) in [5.41, 5.74) is 4.21. The molecule has 4 aromatic rings. The largest absolute Gasteiger partial charge is 0.748 e. The molecule has 174 valence electrons. The van der Waals surface area contributed by atoms with Gasteiger partial charge in [-0.1, -0.05) is 30.3 Å². The summed E-state index contributed by atoms with van der Waals surface area (Å²) in [7, 11) is 1.47. The van der Waals surface area contributed by atoms with Crippen molar-refractivity contribution >= 4 is 39.5 Å². The fourth-order valence-corrected chi connectivity index (χ4v) is 4.57. The van der Waals surface area contributed by atoms with Gasteiger partial charge in [-0.05, 0) is 66.4 Å². The van der Waals surface area contributed by atoms with Gasteiger partial charge in [-0.15, -0.1) is 0 Å². The Balaban J connectivity index is 1.35. The lowest BCUT2D eigenvalue weighted by Crippen LogP contribution is -2.18. The van der Waals surface area contributed by atoms with Crippen LogP contribution in [-0.2, 0) is 21.1 Å². The second-order valence-electron chi connectivity index (χ2n) is 8.35. The molecular weight excluding hydrogens is 457 g/mol. The normalized spacial score (nSPS) is 15.1. The van der Waals surface area contributed by atoms with Crippen LogP contribution in [0.4, 0.5) is 15.8 Å². The SMILES string of the molecule is CN(OS(=O)[O-])c1ccc2cc(C(=O)Nc3cccc(C4(c5ccc(F)cc5)CC4)c3)[nH]c2c1. The molecule has 1 saturated carbocycles. The molecule has 0 radical (unpaired) electrons. The number of halogens is 1. The molecule has 1 heterocycles. The Morgan fingerprint density at radius 1 is 1.09 bits per heavy atom. The first-order chi connectivity index (χ1) is 16.3. The number of carbonyl (C=O) groups is 1. The van der Waals surface area contributed by atoms with Gasteiger partial charge in [0.05, 0.1) is 5.69 Å². The van der Waals surface area contributed by atoms with Crippen molar-refractivity contribution in [3.63, 3.8) is 0 Å². The maximum Gasteiger partial charge on any atom is 0.272 e. The third-order valence-electron chi connectivity index (χ3n) is 6.21. The minimum absolute atomic E-state index is 0.145. The van der Waals surface area contributed by atoms with E-state index in [1.165, 1.54) is 19.2 Å². The molecule has 1 amide bonds. The van der Waals surface area contributed by atoms with Gasteiger partial charge in [0.15, 0.2) is 0 Å². The van der Waals surface area contributed by atoms with Crippen LogP contribution in [-0.4, -0.2) is 26.7 Å². The van der Waals surface area contributed by atoms with Gasteiger partial charge in [-0.2, -0.15) is 4.28 Å². The maximum atomic E-state index is 13.4. The van der Waals surface area contributed by atoms with Crippen molar-refractivity contribution in [3.05, 3.63) is 95.4 Å². The van der Waals surface area contributed by atoms with Crippen molar-refractivity contribution in [2.45, 2.75) is 18.3 Å². The number of hydrogen-bond donors (Lipinski definition) is 2. The lowest BCUT2D eigenvalue weighted by Gasteiger charge is -2.18. The number of nitrogens with zero attached hydrogens (tertiary/aromatic N) is 1. The van der Waals surface area contributed by atoms with Crippen LogP contribution in [0.2, 0.25) is 0 Å². The van der Waals surface area contributed by atoms with Crippen LogP contribution in [0.15, 0.2) is 72.8 Å². The topological polar surface area (TPSA) is 97.5 Å². The van der Waals surface area contributed by atoms with E-state index < -0.39 is 11.4 Å². The van der Waals surface area contributed by atoms with Gasteiger partial charge in [0.25, 0.3) is 5.91 Å². The summed E-state index contributed by atoms with van der Waals surface area (Å²) in [4.78, 5) is 16.0. The molecule has 3 aromatic carbocycles. The summed E-state index contributed by atoms with van der Waals surface area (Å²) in [6.07, 6.45) is 1.94. The molecule has 0 bridgehead atoms. The molecule has 0 saturated heterocycles. The summed E-state index contributed by atoms with van der Waals surface area (Å²) in [5, 5.41) is 4.85. The van der Waals surface area contributed by atoms with E-state index in [2.05, 4.69) is 14.6 Å². The minimum Gasteiger partial charge on any atom is -0.748 e. The van der Waals surface area contributed by atoms with Crippen LogP contribution in [0, 0.1) is 5.82 Å². The number of carbonyl (C=O) groups excluding carboxylic acids is 1. The number of fused-ring (bicyclic) bond motifs is 1. The summed E-state index contributed by atoms with van der Waals surface area (Å²) in [6, 6.07) is 21.2. The Morgan fingerprint density at radius 3 is 2.56 bits per heavy atom. The van der Waals surface area contributed by atoms with Gasteiger partial charge < -0.3 is 14.9 Å². The molecule has 0 aliphatic heterocycles. The van der Waals surface area contributed by atoms with Crippen molar-refractivity contribution in [2.24, 2.45) is 0 Å². The molecule has 34 heavy (non-hydrogen) atoms. The molecule has 1 atom stereocenters. The molecule has 1 fully saturated rings. The molecular formula is C25H21FN3O4S-. The minimum atomic E-state index is -2.69. The molecule has 1 aromatic heterocycles. The van der Waals surface area contributed by atoms with Crippen LogP contribution >= 0.6 is 0 Å². The third-order valence-corrected chi connectivity index (χ3v) is 6.55. The number of amides is 1. The quantitative estimate of drug-likeness (QED) is 0.294. The Bertz CT molecular complexity index is 1400. The summed E-state index contributed by atoms with van der Waals surface area (Å²) in [6.45, 7) is 0. The fraction of sp³-hybridized carbons (Fsp3) is 0.160. The highest BCUT2D eigenvalue weighted by atomic mass is 32.2. The average molecular weight is 479 g/mol. The summed E-state index contributed by atoms with van der Waals surface area (Å²) >= 11 is -2.69. The number of benzene rings is 3. The van der Waals surface area contributed by atoms with Crippen LogP contribution in [0.1, 0.15) is 34.5 Å². The second kappa shape index (κ2) is 8.68. The summed E-state index contributed by atoms with van der Waals surface area (Å²) < 4.78 is 39.5. The van der Waals surface area contributed by atoms with E-state index in [1.807, 2.05) is 36.4 Å². The van der Waals surface area contributed by atoms with Gasteiger partial charge in [0, 0.05) is 29.1 Å². The number of rotatable bonds is 7. The zero-order valence-electron chi connectivity index (χ0n) is 18.2. The van der Waals surface area contributed by atoms with Crippen molar-refractivity contribution in [3.8, 4) is 0 Å². The highest BCUT2D eigenvalue weighted by Crippen LogP contribution is 2.53. The zero-order valence-corrected chi connectivity index (χ0v) is 19.0. The van der Waals surface area contributed by atoms with Gasteiger partial charge in [-0.3, -0.25) is 4.79 Å². The van der Waals surface area contributed by atoms with E-state index in [9.17, 15) is 17.9 Å². The monoisotopic (exact) mass is 478 g/mol. The van der Waals surface area contributed by atoms with Crippen LogP contribution in [0.3, 0.4) is 0 Å². The zero-order chi connectivity index (χ0) is 23.9. The number of anilines is 2. The van der Waals surface area contributed by atoms with E-state index in [1.54, 1.807) is 24.3 Å². The first-order valence-electron chi connectivity index (χ1n) is 10.7. The van der Waals surface area contributed by atoms with Gasteiger partial charge in [-0.25, -0.2) is 13.7 Å². The summed E-state index contributed by atoms with van der Waals surface area (Å²) in [5.74, 6) is -0.558. The fourth-order valence-electron chi connectivity index (χ4n) is 4.30. The number of aromatic amines is 1. The van der Waals surface area contributed by atoms with E-state index >= 15 is 0 Å². The maximum absolute atomic E-state index is 13.4. The smallest absolute Gasteiger partial charge is 0.272 e. The Labute approximate surface area is 198 Å². The van der Waals surface area contributed by atoms with E-state index in [0.717, 1.165) is 34.4 Å². The van der Waals surface area contributed by atoms with Gasteiger partial charge >= 0.3 is 0 Å². The highest BCUT2D eigenvalue weighted by Gasteiger charge is 2.45. The highest BCUT2D eigenvalue weighted by molar-refractivity contribution is 7.74. The van der Waals surface area contributed by atoms with Crippen molar-refractivity contribution in [2.75, 3.05) is 17.4 Å². The predicted molar refractivity (Wildman–Crippen MR) is 128 cm³/mol. The van der Waals surface area contributed by atoms with Gasteiger partial charge in [0.1, 0.15) is 22.9 Å². The number of aromatic nitrogens is 1. The molecule has 5 rings (SSSR count). The molecule has 9 heteroatoms. The van der Waals surface area contributed by atoms with Crippen molar-refractivity contribution in [1.29, 1.82) is 0 Å². The van der Waals surface area contributed by atoms with Crippen molar-refractivity contribution < 1.29 is 22.2 Å². The number of nitrogens with one attached hydrogen (secondary N) is 2. The van der Waals surface area contributed by atoms with E-state index in [-0.39, 0.29) is 17.1 Å². The number of H-pyrrole nitrogens is 1. The number of hydroxylamine groups is 1. The number of hydrogen-bond acceptors (Lipinski definition) is 5. The standard InChI is InChI=1S/C25H22FN3O4S/c1-29(33-34(31)32)21-10-5-16-13-23(28-22(16)15-21)24(30)27-20-4-2-3-18(14-20)25(11-12-25)17-6-8-19(26)9-7-17/h2-10,13-15,28H,11-12H2,1H3,(H,27,30)(H,31,32)/p-1. The van der Waals surface area contributed by atoms with Crippen LogP contribution < -0.4 is 10.4 Å². The van der Waals surface area contributed by atoms with E-state index in [0.29, 0.717) is 22.6 Å². The first-order valence-corrected chi connectivity index (χ1v) is 11.7. The van der Waals surface area contributed by atoms with Gasteiger partial charge in [0.2, 0.25) is 0 Å². The average Bonchev–Trinajstić information content (AvgIpc) is 3.51. The third kappa shape index (κ3) is 4.33. The first kappa shape index (κ1) is 22.3.